The molecule has 2 aromatic rings. The number of rotatable bonds is 4. The van der Waals surface area contributed by atoms with E-state index in [0.29, 0.717) is 6.61 Å². The fourth-order valence-electron chi connectivity index (χ4n) is 3.84. The molecule has 2 bridgehead atoms. The fraction of sp³-hybridized carbons (Fsp3) is 0.545. The monoisotopic (exact) mass is 575 g/mol. The van der Waals surface area contributed by atoms with Crippen LogP contribution in [-0.2, 0) is 20.9 Å². The van der Waals surface area contributed by atoms with Crippen LogP contribution in [0.25, 0.3) is 0 Å². The van der Waals surface area contributed by atoms with Crippen LogP contribution >= 0.6 is 0 Å². The predicted molar refractivity (Wildman–Crippen MR) is 115 cm³/mol. The van der Waals surface area contributed by atoms with Gasteiger partial charge >= 0.3 is 24.3 Å². The Labute approximate surface area is 216 Å². The summed E-state index contributed by atoms with van der Waals surface area (Å²) in [6.07, 6.45) is -7.03. The molecule has 3 unspecified atom stereocenters. The van der Waals surface area contributed by atoms with Gasteiger partial charge in [-0.3, -0.25) is 4.90 Å². The minimum Gasteiger partial charge on any atom is -0.475 e. The zero-order chi connectivity index (χ0) is 29.5. The van der Waals surface area contributed by atoms with Crippen molar-refractivity contribution in [2.75, 3.05) is 13.2 Å². The van der Waals surface area contributed by atoms with E-state index in [4.69, 9.17) is 33.8 Å². The van der Waals surface area contributed by atoms with E-state index >= 15 is 0 Å². The molecule has 218 valence electrons. The first-order chi connectivity index (χ1) is 18.0. The van der Waals surface area contributed by atoms with Gasteiger partial charge in [-0.05, 0) is 38.8 Å². The molecule has 0 radical (unpaired) electrons. The lowest BCUT2D eigenvalue weighted by Gasteiger charge is -2.31. The molecule has 1 saturated carbocycles. The first-order valence-corrected chi connectivity index (χ1v) is 11.2. The van der Waals surface area contributed by atoms with Crippen molar-refractivity contribution >= 4 is 11.9 Å². The molecule has 1 aliphatic carbocycles. The van der Waals surface area contributed by atoms with E-state index in [1.165, 1.54) is 6.07 Å². The number of aryl methyl sites for hydroxylation is 2. The highest BCUT2D eigenvalue weighted by molar-refractivity contribution is 5.73. The first-order valence-electron chi connectivity index (χ1n) is 11.2. The lowest BCUT2D eigenvalue weighted by atomic mass is 10.1. The summed E-state index contributed by atoms with van der Waals surface area (Å²) in [5, 5.41) is 18.3. The topological polar surface area (TPSA) is 135 Å². The highest BCUT2D eigenvalue weighted by Crippen LogP contribution is 2.34. The van der Waals surface area contributed by atoms with Crippen LogP contribution in [0.2, 0.25) is 0 Å². The molecule has 4 rings (SSSR count). The second-order valence-corrected chi connectivity index (χ2v) is 8.31. The number of nitrogens with zero attached hydrogens (tertiary/aromatic N) is 3. The Morgan fingerprint density at radius 1 is 1.10 bits per heavy atom. The van der Waals surface area contributed by atoms with Crippen LogP contribution in [-0.4, -0.2) is 80.9 Å². The number of carboxylic acids is 2. The second kappa shape index (κ2) is 13.1. The zero-order valence-corrected chi connectivity index (χ0v) is 20.4. The molecule has 2 N–H and O–H groups in total. The minimum atomic E-state index is -5.08. The highest BCUT2D eigenvalue weighted by atomic mass is 19.4. The van der Waals surface area contributed by atoms with Crippen LogP contribution in [0.15, 0.2) is 22.9 Å². The molecule has 0 amide bonds. The Balaban J connectivity index is 0.000000317. The molecule has 10 nitrogen and oxygen atoms in total. The Kier molecular flexibility index (Phi) is 10.6. The normalized spacial score (nSPS) is 21.1. The van der Waals surface area contributed by atoms with Crippen molar-refractivity contribution in [3.63, 3.8) is 0 Å². The van der Waals surface area contributed by atoms with Crippen LogP contribution in [0.1, 0.15) is 29.9 Å². The van der Waals surface area contributed by atoms with Crippen molar-refractivity contribution in [2.45, 2.75) is 63.8 Å². The number of alkyl halides is 6. The maximum atomic E-state index is 14.0. The number of hydrogen-bond acceptors (Lipinski definition) is 8. The van der Waals surface area contributed by atoms with E-state index in [9.17, 15) is 30.7 Å². The Morgan fingerprint density at radius 3 is 2.18 bits per heavy atom. The zero-order valence-electron chi connectivity index (χ0n) is 20.4. The number of fused-ring (bicyclic) bond motifs is 2. The molecule has 3 heterocycles. The summed E-state index contributed by atoms with van der Waals surface area (Å²) in [7, 11) is 0. The number of halogens is 7. The maximum Gasteiger partial charge on any atom is 0.490 e. The van der Waals surface area contributed by atoms with Crippen molar-refractivity contribution in [1.29, 1.82) is 0 Å². The summed E-state index contributed by atoms with van der Waals surface area (Å²) >= 11 is 0. The van der Waals surface area contributed by atoms with Gasteiger partial charge in [0, 0.05) is 30.9 Å². The highest BCUT2D eigenvalue weighted by Gasteiger charge is 2.45. The number of carbonyl (C=O) groups is 2. The molecule has 17 heteroatoms. The molecule has 1 aliphatic heterocycles. The van der Waals surface area contributed by atoms with E-state index in [2.05, 4.69) is 15.0 Å². The minimum absolute atomic E-state index is 0.0268. The lowest BCUT2D eigenvalue weighted by Crippen LogP contribution is -2.44. The van der Waals surface area contributed by atoms with E-state index in [1.54, 1.807) is 12.3 Å². The number of hydrogen-bond donors (Lipinski definition) is 2. The standard InChI is InChI=1S/C18H22FN3O3.2C2HF3O2/c1-11-13(12(2)25-21-11)10-22-8-9-23-16-6-5-15(22)17(16)24-18-14(19)4-3-7-20-18;2*3-2(4,5)1(6)7/h3-4,7,15-17H,5-6,8-10H2,1-2H3;2*(H,6,7). The Hall–Kier alpha value is -3.47. The van der Waals surface area contributed by atoms with Gasteiger partial charge in [0.05, 0.1) is 18.4 Å². The van der Waals surface area contributed by atoms with Crippen molar-refractivity contribution in [1.82, 2.24) is 15.0 Å². The smallest absolute Gasteiger partial charge is 0.475 e. The van der Waals surface area contributed by atoms with Gasteiger partial charge in [0.25, 0.3) is 5.88 Å². The summed E-state index contributed by atoms with van der Waals surface area (Å²) in [6.45, 7) is 6.05. The van der Waals surface area contributed by atoms with Gasteiger partial charge in [-0.25, -0.2) is 19.0 Å². The molecule has 2 aliphatic rings. The third-order valence-electron chi connectivity index (χ3n) is 5.67. The maximum absolute atomic E-state index is 14.0. The third kappa shape index (κ3) is 9.05. The number of aliphatic carboxylic acids is 2. The first kappa shape index (κ1) is 31.7. The van der Waals surface area contributed by atoms with Crippen LogP contribution in [0.3, 0.4) is 0 Å². The van der Waals surface area contributed by atoms with Gasteiger partial charge in [0.1, 0.15) is 11.9 Å². The fourth-order valence-corrected chi connectivity index (χ4v) is 3.84. The van der Waals surface area contributed by atoms with Crippen molar-refractivity contribution in [2.24, 2.45) is 0 Å². The van der Waals surface area contributed by atoms with Gasteiger partial charge in [0.2, 0.25) is 0 Å². The molecule has 0 spiro atoms. The molecule has 0 aromatic carbocycles. The van der Waals surface area contributed by atoms with E-state index in [0.717, 1.165) is 42.9 Å². The van der Waals surface area contributed by atoms with E-state index in [-0.39, 0.29) is 24.1 Å². The molecule has 1 saturated heterocycles. The SMILES string of the molecule is Cc1noc(C)c1CN1CCOC2CCC1C2Oc1ncccc1F.O=C(O)C(F)(F)F.O=C(O)C(F)(F)F. The van der Waals surface area contributed by atoms with Gasteiger partial charge in [0.15, 0.2) is 5.82 Å². The summed E-state index contributed by atoms with van der Waals surface area (Å²) in [5.74, 6) is -5.07. The predicted octanol–water partition coefficient (Wildman–Crippen LogP) is 3.90. The van der Waals surface area contributed by atoms with Gasteiger partial charge in [-0.1, -0.05) is 5.16 Å². The Morgan fingerprint density at radius 2 is 1.69 bits per heavy atom. The largest absolute Gasteiger partial charge is 0.490 e. The summed E-state index contributed by atoms with van der Waals surface area (Å²) in [5.41, 5.74) is 2.01. The summed E-state index contributed by atoms with van der Waals surface area (Å²) in [6, 6.07) is 3.08. The van der Waals surface area contributed by atoms with E-state index < -0.39 is 30.1 Å². The van der Waals surface area contributed by atoms with Gasteiger partial charge < -0.3 is 24.2 Å². The van der Waals surface area contributed by atoms with Crippen molar-refractivity contribution in [3.8, 4) is 5.88 Å². The molecule has 3 atom stereocenters. The molecule has 2 fully saturated rings. The van der Waals surface area contributed by atoms with Crippen LogP contribution in [0, 0.1) is 19.7 Å². The molecule has 2 aromatic heterocycles. The molecule has 39 heavy (non-hydrogen) atoms. The van der Waals surface area contributed by atoms with Crippen LogP contribution in [0.5, 0.6) is 5.88 Å². The number of carboxylic acid groups (broad SMARTS) is 2. The summed E-state index contributed by atoms with van der Waals surface area (Å²) in [4.78, 5) is 24.2. The molecular weight excluding hydrogens is 551 g/mol. The number of pyridine rings is 1. The van der Waals surface area contributed by atoms with Gasteiger partial charge in [-0.15, -0.1) is 0 Å². The summed E-state index contributed by atoms with van der Waals surface area (Å²) < 4.78 is 94.7. The Bertz CT molecular complexity index is 1080. The number of ether oxygens (including phenoxy) is 2. The van der Waals surface area contributed by atoms with Crippen molar-refractivity contribution < 1.29 is 64.5 Å². The average Bonchev–Trinajstić information content (AvgIpc) is 3.30. The van der Waals surface area contributed by atoms with Gasteiger partial charge in [-0.2, -0.15) is 26.3 Å². The second-order valence-electron chi connectivity index (χ2n) is 8.31. The third-order valence-corrected chi connectivity index (χ3v) is 5.67. The van der Waals surface area contributed by atoms with Crippen molar-refractivity contribution in [3.05, 3.63) is 41.2 Å². The molecular formula is C22H24F7N3O7. The number of aromatic nitrogens is 2. The van der Waals surface area contributed by atoms with Crippen LogP contribution in [0.4, 0.5) is 30.7 Å². The van der Waals surface area contributed by atoms with E-state index in [1.807, 2.05) is 13.8 Å². The average molecular weight is 575 g/mol. The lowest BCUT2D eigenvalue weighted by molar-refractivity contribution is -0.193. The van der Waals surface area contributed by atoms with Crippen LogP contribution < -0.4 is 4.74 Å². The quantitative estimate of drug-likeness (QED) is 0.517.